The van der Waals surface area contributed by atoms with E-state index in [1.165, 1.54) is 0 Å². The number of amides is 1. The van der Waals surface area contributed by atoms with E-state index in [1.807, 2.05) is 6.07 Å². The molecular weight excluding hydrogens is 302 g/mol. The summed E-state index contributed by atoms with van der Waals surface area (Å²) in [4.78, 5) is 33.9. The number of methoxy groups -OCH3 is 1. The molecular formula is C16H19NO6. The zero-order chi connectivity index (χ0) is 17.1. The Hall–Kier alpha value is -2.83. The Morgan fingerprint density at radius 1 is 1.13 bits per heavy atom. The standard InChI is InChI=1S/C16H19NO6/c1-3-22-15(19)7-8-16(20)23-11-14(18)17-10-12-5-4-6-13(9-12)21-2/h4-9H,3,10-11H2,1-2H3,(H,17,18)/b8-7+. The first kappa shape index (κ1) is 18.2. The molecule has 0 atom stereocenters. The van der Waals surface area contributed by atoms with Crippen LogP contribution in [-0.2, 0) is 30.4 Å². The lowest BCUT2D eigenvalue weighted by molar-refractivity contribution is -0.144. The van der Waals surface area contributed by atoms with Gasteiger partial charge in [-0.1, -0.05) is 12.1 Å². The Morgan fingerprint density at radius 2 is 1.83 bits per heavy atom. The lowest BCUT2D eigenvalue weighted by Gasteiger charge is -2.07. The molecule has 0 aliphatic heterocycles. The van der Waals surface area contributed by atoms with Crippen LogP contribution in [0, 0.1) is 0 Å². The van der Waals surface area contributed by atoms with Crippen LogP contribution < -0.4 is 10.1 Å². The smallest absolute Gasteiger partial charge is 0.331 e. The Balaban J connectivity index is 2.31. The summed E-state index contributed by atoms with van der Waals surface area (Å²) < 4.78 is 14.4. The number of esters is 2. The minimum Gasteiger partial charge on any atom is -0.497 e. The van der Waals surface area contributed by atoms with Crippen LogP contribution in [0.1, 0.15) is 12.5 Å². The van der Waals surface area contributed by atoms with Crippen molar-refractivity contribution in [2.75, 3.05) is 20.3 Å². The van der Waals surface area contributed by atoms with Gasteiger partial charge in [0.2, 0.25) is 0 Å². The fourth-order valence-corrected chi connectivity index (χ4v) is 1.55. The van der Waals surface area contributed by atoms with Gasteiger partial charge in [0, 0.05) is 18.7 Å². The van der Waals surface area contributed by atoms with Gasteiger partial charge in [-0.15, -0.1) is 0 Å². The summed E-state index contributed by atoms with van der Waals surface area (Å²) in [6.45, 7) is 1.71. The van der Waals surface area contributed by atoms with Gasteiger partial charge in [0.15, 0.2) is 6.61 Å². The van der Waals surface area contributed by atoms with Crippen molar-refractivity contribution < 1.29 is 28.6 Å². The molecule has 1 amide bonds. The van der Waals surface area contributed by atoms with E-state index in [2.05, 4.69) is 10.1 Å². The maximum absolute atomic E-state index is 11.6. The van der Waals surface area contributed by atoms with E-state index in [0.29, 0.717) is 5.75 Å². The Kier molecular flexibility index (Phi) is 7.91. The van der Waals surface area contributed by atoms with Crippen LogP contribution in [0.2, 0.25) is 0 Å². The van der Waals surface area contributed by atoms with Crippen LogP contribution in [-0.4, -0.2) is 38.2 Å². The van der Waals surface area contributed by atoms with Gasteiger partial charge in [0.05, 0.1) is 13.7 Å². The summed E-state index contributed by atoms with van der Waals surface area (Å²) >= 11 is 0. The third kappa shape index (κ3) is 7.66. The molecule has 0 unspecified atom stereocenters. The van der Waals surface area contributed by atoms with Crippen molar-refractivity contribution in [2.45, 2.75) is 13.5 Å². The molecule has 0 aromatic heterocycles. The van der Waals surface area contributed by atoms with Crippen molar-refractivity contribution >= 4 is 17.8 Å². The number of carbonyl (C=O) groups excluding carboxylic acids is 3. The highest BCUT2D eigenvalue weighted by Gasteiger charge is 2.06. The second-order valence-electron chi connectivity index (χ2n) is 4.32. The summed E-state index contributed by atoms with van der Waals surface area (Å²) in [6, 6.07) is 7.22. The SMILES string of the molecule is CCOC(=O)/C=C/C(=O)OCC(=O)NCc1cccc(OC)c1. The lowest BCUT2D eigenvalue weighted by atomic mass is 10.2. The first-order valence-electron chi connectivity index (χ1n) is 6.96. The van der Waals surface area contributed by atoms with E-state index in [-0.39, 0.29) is 13.2 Å². The number of benzene rings is 1. The molecule has 7 heteroatoms. The summed E-state index contributed by atoms with van der Waals surface area (Å²) in [7, 11) is 1.56. The van der Waals surface area contributed by atoms with E-state index >= 15 is 0 Å². The third-order valence-electron chi connectivity index (χ3n) is 2.61. The molecule has 0 fully saturated rings. The maximum atomic E-state index is 11.6. The van der Waals surface area contributed by atoms with E-state index < -0.39 is 24.5 Å². The van der Waals surface area contributed by atoms with Crippen molar-refractivity contribution in [2.24, 2.45) is 0 Å². The molecule has 0 heterocycles. The molecule has 0 aliphatic carbocycles. The summed E-state index contributed by atoms with van der Waals surface area (Å²) in [5, 5.41) is 2.60. The van der Waals surface area contributed by atoms with Crippen LogP contribution in [0.5, 0.6) is 5.75 Å². The molecule has 124 valence electrons. The van der Waals surface area contributed by atoms with Crippen LogP contribution in [0.15, 0.2) is 36.4 Å². The number of hydrogen-bond acceptors (Lipinski definition) is 6. The quantitative estimate of drug-likeness (QED) is 0.567. The molecule has 1 aromatic rings. The summed E-state index contributed by atoms with van der Waals surface area (Å²) in [6.07, 6.45) is 1.85. The van der Waals surface area contributed by atoms with Crippen molar-refractivity contribution in [3.05, 3.63) is 42.0 Å². The van der Waals surface area contributed by atoms with E-state index in [0.717, 1.165) is 17.7 Å². The van der Waals surface area contributed by atoms with E-state index in [9.17, 15) is 14.4 Å². The molecule has 0 bridgehead atoms. The highest BCUT2D eigenvalue weighted by atomic mass is 16.5. The topological polar surface area (TPSA) is 90.9 Å². The molecule has 0 spiro atoms. The fourth-order valence-electron chi connectivity index (χ4n) is 1.55. The maximum Gasteiger partial charge on any atom is 0.331 e. The zero-order valence-electron chi connectivity index (χ0n) is 13.0. The average Bonchev–Trinajstić information content (AvgIpc) is 2.56. The van der Waals surface area contributed by atoms with Crippen molar-refractivity contribution in [1.29, 1.82) is 0 Å². The highest BCUT2D eigenvalue weighted by molar-refractivity contribution is 5.92. The normalized spacial score (nSPS) is 10.2. The number of hydrogen-bond donors (Lipinski definition) is 1. The molecule has 7 nitrogen and oxygen atoms in total. The molecule has 0 saturated carbocycles. The van der Waals surface area contributed by atoms with Crippen molar-refractivity contribution in [1.82, 2.24) is 5.32 Å². The largest absolute Gasteiger partial charge is 0.497 e. The van der Waals surface area contributed by atoms with Crippen LogP contribution in [0.3, 0.4) is 0 Å². The van der Waals surface area contributed by atoms with Gasteiger partial charge in [-0.25, -0.2) is 9.59 Å². The van der Waals surface area contributed by atoms with Crippen molar-refractivity contribution in [3.8, 4) is 5.75 Å². The minimum atomic E-state index is -0.797. The van der Waals surface area contributed by atoms with Gasteiger partial charge in [-0.2, -0.15) is 0 Å². The molecule has 0 radical (unpaired) electrons. The van der Waals surface area contributed by atoms with Gasteiger partial charge in [0.1, 0.15) is 5.75 Å². The van der Waals surface area contributed by atoms with E-state index in [4.69, 9.17) is 9.47 Å². The zero-order valence-corrected chi connectivity index (χ0v) is 13.0. The van der Waals surface area contributed by atoms with Crippen molar-refractivity contribution in [3.63, 3.8) is 0 Å². The Bertz CT molecular complexity index is 582. The third-order valence-corrected chi connectivity index (χ3v) is 2.61. The van der Waals surface area contributed by atoms with Gasteiger partial charge >= 0.3 is 11.9 Å². The van der Waals surface area contributed by atoms with Crippen LogP contribution in [0.4, 0.5) is 0 Å². The van der Waals surface area contributed by atoms with Gasteiger partial charge in [-0.05, 0) is 24.6 Å². The lowest BCUT2D eigenvalue weighted by Crippen LogP contribution is -2.28. The minimum absolute atomic E-state index is 0.213. The number of nitrogens with one attached hydrogen (secondary N) is 1. The van der Waals surface area contributed by atoms with Gasteiger partial charge < -0.3 is 19.5 Å². The van der Waals surface area contributed by atoms with Crippen LogP contribution >= 0.6 is 0 Å². The average molecular weight is 321 g/mol. The number of carbonyl (C=O) groups is 3. The molecule has 0 aliphatic rings. The van der Waals surface area contributed by atoms with Crippen LogP contribution in [0.25, 0.3) is 0 Å². The molecule has 1 N–H and O–H groups in total. The highest BCUT2D eigenvalue weighted by Crippen LogP contribution is 2.11. The first-order valence-corrected chi connectivity index (χ1v) is 6.96. The second kappa shape index (κ2) is 9.99. The molecule has 23 heavy (non-hydrogen) atoms. The molecule has 1 rings (SSSR count). The second-order valence-corrected chi connectivity index (χ2v) is 4.32. The molecule has 0 saturated heterocycles. The Morgan fingerprint density at radius 3 is 2.48 bits per heavy atom. The summed E-state index contributed by atoms with van der Waals surface area (Å²) in [5.74, 6) is -1.21. The summed E-state index contributed by atoms with van der Waals surface area (Å²) in [5.41, 5.74) is 0.853. The monoisotopic (exact) mass is 321 g/mol. The fraction of sp³-hybridized carbons (Fsp3) is 0.312. The molecule has 1 aromatic carbocycles. The predicted molar refractivity (Wildman–Crippen MR) is 81.6 cm³/mol. The first-order chi connectivity index (χ1) is 11.0. The predicted octanol–water partition coefficient (Wildman–Crippen LogP) is 0.974. The Labute approximate surface area is 134 Å². The number of ether oxygens (including phenoxy) is 3. The van der Waals surface area contributed by atoms with Gasteiger partial charge in [-0.3, -0.25) is 4.79 Å². The van der Waals surface area contributed by atoms with E-state index in [1.54, 1.807) is 32.2 Å². The van der Waals surface area contributed by atoms with Gasteiger partial charge in [0.25, 0.3) is 5.91 Å². The number of rotatable bonds is 8.